The maximum atomic E-state index is 10.7. The zero-order chi connectivity index (χ0) is 19.0. The van der Waals surface area contributed by atoms with Crippen molar-refractivity contribution < 1.29 is 9.84 Å². The second kappa shape index (κ2) is 9.34. The van der Waals surface area contributed by atoms with Gasteiger partial charge in [0.25, 0.3) is 0 Å². The Morgan fingerprint density at radius 2 is 1.38 bits per heavy atom. The number of unbranched alkanes of at least 4 members (excludes halogenated alkanes) is 1. The first-order chi connectivity index (χ1) is 12.3. The van der Waals surface area contributed by atoms with Crippen LogP contribution in [-0.4, -0.2) is 16.5 Å². The van der Waals surface area contributed by atoms with Crippen molar-refractivity contribution in [3.8, 4) is 0 Å². The molecule has 2 aromatic rings. The van der Waals surface area contributed by atoms with Crippen LogP contribution in [0.15, 0.2) is 54.6 Å². The average Bonchev–Trinajstić information content (AvgIpc) is 2.58. The molecule has 0 fully saturated rings. The van der Waals surface area contributed by atoms with Crippen LogP contribution in [0.25, 0.3) is 0 Å². The van der Waals surface area contributed by atoms with Crippen LogP contribution >= 0.6 is 0 Å². The van der Waals surface area contributed by atoms with E-state index in [4.69, 9.17) is 4.74 Å². The molecule has 2 aromatic carbocycles. The third-order valence-corrected chi connectivity index (χ3v) is 4.83. The van der Waals surface area contributed by atoms with Crippen LogP contribution in [0, 0.1) is 6.92 Å². The lowest BCUT2D eigenvalue weighted by molar-refractivity contribution is -0.251. The molecule has 1 N–H and O–H groups in total. The molecule has 142 valence electrons. The molecule has 1 atom stereocenters. The molecule has 26 heavy (non-hydrogen) atoms. The van der Waals surface area contributed by atoms with Crippen LogP contribution in [0.4, 0.5) is 0 Å². The molecule has 2 nitrogen and oxygen atoms in total. The summed E-state index contributed by atoms with van der Waals surface area (Å²) in [6.45, 7) is 8.03. The third kappa shape index (κ3) is 7.72. The fraction of sp³-hybridized carbons (Fsp3) is 0.500. The summed E-state index contributed by atoms with van der Waals surface area (Å²) >= 11 is 0. The lowest BCUT2D eigenvalue weighted by Crippen LogP contribution is -2.39. The van der Waals surface area contributed by atoms with E-state index >= 15 is 0 Å². The van der Waals surface area contributed by atoms with Gasteiger partial charge in [0.15, 0.2) is 5.79 Å². The largest absolute Gasteiger partial charge is 0.366 e. The van der Waals surface area contributed by atoms with Crippen molar-refractivity contribution in [2.75, 3.05) is 0 Å². The Labute approximate surface area is 159 Å². The van der Waals surface area contributed by atoms with E-state index in [1.54, 1.807) is 6.92 Å². The van der Waals surface area contributed by atoms with Gasteiger partial charge in [0.05, 0.1) is 5.60 Å². The molecule has 2 rings (SSSR count). The van der Waals surface area contributed by atoms with Gasteiger partial charge in [0.2, 0.25) is 0 Å². The number of hydrogen-bond acceptors (Lipinski definition) is 2. The van der Waals surface area contributed by atoms with E-state index in [0.29, 0.717) is 6.42 Å². The van der Waals surface area contributed by atoms with Gasteiger partial charge in [-0.15, -0.1) is 0 Å². The first-order valence-electron chi connectivity index (χ1n) is 9.78. The molecule has 0 amide bonds. The lowest BCUT2D eigenvalue weighted by atomic mass is 9.97. The molecule has 1 unspecified atom stereocenters. The van der Waals surface area contributed by atoms with Gasteiger partial charge in [0, 0.05) is 6.42 Å². The van der Waals surface area contributed by atoms with Crippen LogP contribution in [0.5, 0.6) is 0 Å². The topological polar surface area (TPSA) is 29.5 Å². The number of rotatable bonds is 10. The quantitative estimate of drug-likeness (QED) is 0.429. The van der Waals surface area contributed by atoms with Gasteiger partial charge in [-0.1, -0.05) is 66.6 Å². The maximum Gasteiger partial charge on any atom is 0.163 e. The van der Waals surface area contributed by atoms with E-state index in [0.717, 1.165) is 32.1 Å². The SMILES string of the molecule is Cc1ccc(CCC(C)(O)OC(C)(C)CCCCc2ccccc2)cc1. The summed E-state index contributed by atoms with van der Waals surface area (Å²) in [6, 6.07) is 19.1. The monoisotopic (exact) mass is 354 g/mol. The Bertz CT molecular complexity index is 642. The van der Waals surface area contributed by atoms with Crippen molar-refractivity contribution >= 4 is 0 Å². The first kappa shape index (κ1) is 20.7. The normalized spacial score (nSPS) is 14.2. The maximum absolute atomic E-state index is 10.7. The van der Waals surface area contributed by atoms with Crippen molar-refractivity contribution in [3.05, 3.63) is 71.3 Å². The van der Waals surface area contributed by atoms with Gasteiger partial charge in [-0.25, -0.2) is 0 Å². The summed E-state index contributed by atoms with van der Waals surface area (Å²) in [6.07, 6.45) is 5.69. The summed E-state index contributed by atoms with van der Waals surface area (Å²) in [5.41, 5.74) is 3.55. The fourth-order valence-electron chi connectivity index (χ4n) is 3.35. The summed E-state index contributed by atoms with van der Waals surface area (Å²) < 4.78 is 6.08. The smallest absolute Gasteiger partial charge is 0.163 e. The Kier molecular flexibility index (Phi) is 7.43. The standard InChI is InChI=1S/C24H34O2/c1-20-13-15-22(16-14-20)17-19-24(4,25)26-23(2,3)18-9-8-12-21-10-6-5-7-11-21/h5-7,10-11,13-16,25H,8-9,12,17-19H2,1-4H3. The van der Waals surface area contributed by atoms with Crippen molar-refractivity contribution in [1.82, 2.24) is 0 Å². The zero-order valence-corrected chi connectivity index (χ0v) is 16.8. The molecule has 0 aliphatic carbocycles. The molecular formula is C24H34O2. The van der Waals surface area contributed by atoms with E-state index in [1.807, 2.05) is 0 Å². The molecule has 0 heterocycles. The molecule has 0 aromatic heterocycles. The van der Waals surface area contributed by atoms with Crippen LogP contribution < -0.4 is 0 Å². The van der Waals surface area contributed by atoms with Gasteiger partial charge in [-0.05, 0) is 64.5 Å². The van der Waals surface area contributed by atoms with Crippen molar-refractivity contribution in [2.45, 2.75) is 77.6 Å². The van der Waals surface area contributed by atoms with Gasteiger partial charge in [-0.3, -0.25) is 0 Å². The Morgan fingerprint density at radius 1 is 0.769 bits per heavy atom. The lowest BCUT2D eigenvalue weighted by Gasteiger charge is -2.35. The summed E-state index contributed by atoms with van der Waals surface area (Å²) in [5, 5.41) is 10.7. The molecule has 0 radical (unpaired) electrons. The Morgan fingerprint density at radius 3 is 2.04 bits per heavy atom. The predicted molar refractivity (Wildman–Crippen MR) is 109 cm³/mol. The summed E-state index contributed by atoms with van der Waals surface area (Å²) in [4.78, 5) is 0. The molecule has 0 aliphatic rings. The highest BCUT2D eigenvalue weighted by atomic mass is 16.6. The van der Waals surface area contributed by atoms with Crippen LogP contribution in [0.3, 0.4) is 0 Å². The number of benzene rings is 2. The highest BCUT2D eigenvalue weighted by Crippen LogP contribution is 2.27. The Balaban J connectivity index is 1.73. The number of ether oxygens (including phenoxy) is 1. The fourth-order valence-corrected chi connectivity index (χ4v) is 3.35. The summed E-state index contributed by atoms with van der Waals surface area (Å²) in [5.74, 6) is -1.10. The molecule has 2 heteroatoms. The third-order valence-electron chi connectivity index (χ3n) is 4.83. The predicted octanol–water partition coefficient (Wildman–Crippen LogP) is 5.84. The molecule has 0 saturated carbocycles. The van der Waals surface area contributed by atoms with Gasteiger partial charge >= 0.3 is 0 Å². The van der Waals surface area contributed by atoms with E-state index in [1.165, 1.54) is 16.7 Å². The van der Waals surface area contributed by atoms with E-state index in [9.17, 15) is 5.11 Å². The second-order valence-electron chi connectivity index (χ2n) is 8.22. The molecule has 0 aliphatic heterocycles. The van der Waals surface area contributed by atoms with Gasteiger partial charge < -0.3 is 9.84 Å². The highest BCUT2D eigenvalue weighted by Gasteiger charge is 2.30. The summed E-state index contributed by atoms with van der Waals surface area (Å²) in [7, 11) is 0. The zero-order valence-electron chi connectivity index (χ0n) is 16.8. The van der Waals surface area contributed by atoms with Gasteiger partial charge in [0.1, 0.15) is 0 Å². The van der Waals surface area contributed by atoms with Crippen LogP contribution in [0.2, 0.25) is 0 Å². The average molecular weight is 355 g/mol. The molecular weight excluding hydrogens is 320 g/mol. The molecule has 0 spiro atoms. The first-order valence-corrected chi connectivity index (χ1v) is 9.78. The van der Waals surface area contributed by atoms with Crippen LogP contribution in [-0.2, 0) is 17.6 Å². The van der Waals surface area contributed by atoms with E-state index < -0.39 is 5.79 Å². The minimum Gasteiger partial charge on any atom is -0.366 e. The second-order valence-corrected chi connectivity index (χ2v) is 8.22. The number of aliphatic hydroxyl groups is 1. The van der Waals surface area contributed by atoms with Crippen molar-refractivity contribution in [1.29, 1.82) is 0 Å². The van der Waals surface area contributed by atoms with Crippen LogP contribution in [0.1, 0.15) is 63.1 Å². The highest BCUT2D eigenvalue weighted by molar-refractivity contribution is 5.21. The minimum atomic E-state index is -1.10. The number of aryl methyl sites for hydroxylation is 3. The van der Waals surface area contributed by atoms with E-state index in [2.05, 4.69) is 75.4 Å². The van der Waals surface area contributed by atoms with Crippen molar-refractivity contribution in [3.63, 3.8) is 0 Å². The molecule has 0 saturated heterocycles. The van der Waals surface area contributed by atoms with E-state index in [-0.39, 0.29) is 5.60 Å². The van der Waals surface area contributed by atoms with Gasteiger partial charge in [-0.2, -0.15) is 0 Å². The van der Waals surface area contributed by atoms with Crippen molar-refractivity contribution in [2.24, 2.45) is 0 Å². The Hall–Kier alpha value is -1.64. The molecule has 0 bridgehead atoms. The number of hydrogen-bond donors (Lipinski definition) is 1. The minimum absolute atomic E-state index is 0.326.